The highest BCUT2D eigenvalue weighted by Gasteiger charge is 2.29. The zero-order chi connectivity index (χ0) is 18.3. The summed E-state index contributed by atoms with van der Waals surface area (Å²) in [5.41, 5.74) is 6.47. The van der Waals surface area contributed by atoms with Crippen LogP contribution in [0.1, 0.15) is 43.5 Å². The van der Waals surface area contributed by atoms with Crippen LogP contribution in [0.2, 0.25) is 0 Å². The number of pyridine rings is 1. The van der Waals surface area contributed by atoms with E-state index in [1.54, 1.807) is 0 Å². The number of anilines is 1. The third kappa shape index (κ3) is 3.21. The van der Waals surface area contributed by atoms with Crippen LogP contribution in [0.15, 0.2) is 18.2 Å². The number of hydrogen-bond donors (Lipinski definition) is 0. The third-order valence-corrected chi connectivity index (χ3v) is 5.94. The lowest BCUT2D eigenvalue weighted by Crippen LogP contribution is -2.56. The summed E-state index contributed by atoms with van der Waals surface area (Å²) in [6, 6.07) is 7.65. The molecule has 2 fully saturated rings. The molecule has 0 unspecified atom stereocenters. The topological polar surface area (TPSA) is 28.6 Å². The van der Waals surface area contributed by atoms with E-state index in [1.807, 2.05) is 0 Å². The van der Waals surface area contributed by atoms with Crippen LogP contribution in [-0.2, 0) is 11.2 Å². The van der Waals surface area contributed by atoms with Crippen LogP contribution >= 0.6 is 0 Å². The summed E-state index contributed by atoms with van der Waals surface area (Å²) in [5, 5.41) is 1.34. The van der Waals surface area contributed by atoms with Gasteiger partial charge in [0.15, 0.2) is 0 Å². The van der Waals surface area contributed by atoms with Crippen molar-refractivity contribution in [3.8, 4) is 0 Å². The van der Waals surface area contributed by atoms with E-state index in [4.69, 9.17) is 9.72 Å². The molecule has 2 saturated heterocycles. The van der Waals surface area contributed by atoms with Crippen LogP contribution in [0.3, 0.4) is 0 Å². The first kappa shape index (κ1) is 17.7. The first-order chi connectivity index (χ1) is 12.6. The van der Waals surface area contributed by atoms with Crippen molar-refractivity contribution in [2.45, 2.75) is 46.1 Å². The molecule has 4 rings (SSSR count). The molecule has 4 nitrogen and oxygen atoms in total. The Morgan fingerprint density at radius 1 is 1.12 bits per heavy atom. The van der Waals surface area contributed by atoms with Gasteiger partial charge < -0.3 is 9.64 Å². The molecular formula is C22H31N3O. The molecule has 0 bridgehead atoms. The Bertz CT molecular complexity index is 790. The van der Waals surface area contributed by atoms with Gasteiger partial charge in [-0.25, -0.2) is 0 Å². The Morgan fingerprint density at radius 3 is 2.42 bits per heavy atom. The minimum absolute atomic E-state index is 0.509. The summed E-state index contributed by atoms with van der Waals surface area (Å²) >= 11 is 0. The van der Waals surface area contributed by atoms with E-state index < -0.39 is 0 Å². The number of rotatable bonds is 4. The summed E-state index contributed by atoms with van der Waals surface area (Å²) in [6.07, 6.45) is 1.06. The zero-order valence-electron chi connectivity index (χ0n) is 16.6. The molecule has 0 spiro atoms. The molecule has 2 aromatic rings. The average Bonchev–Trinajstić information content (AvgIpc) is 2.59. The van der Waals surface area contributed by atoms with Gasteiger partial charge in [-0.05, 0) is 48.6 Å². The summed E-state index contributed by atoms with van der Waals surface area (Å²) < 4.78 is 5.37. The van der Waals surface area contributed by atoms with Gasteiger partial charge in [-0.1, -0.05) is 20.8 Å². The second kappa shape index (κ2) is 7.16. The number of fused-ring (bicyclic) bond motifs is 1. The van der Waals surface area contributed by atoms with Gasteiger partial charge in [0.25, 0.3) is 0 Å². The highest BCUT2D eigenvalue weighted by Crippen LogP contribution is 2.34. The molecule has 0 amide bonds. The van der Waals surface area contributed by atoms with Crippen LogP contribution < -0.4 is 4.90 Å². The molecule has 1 aromatic heterocycles. The third-order valence-electron chi connectivity index (χ3n) is 5.94. The Hall–Kier alpha value is -1.65. The Labute approximate surface area is 157 Å². The van der Waals surface area contributed by atoms with Gasteiger partial charge in [-0.3, -0.25) is 9.88 Å². The number of benzene rings is 1. The lowest BCUT2D eigenvalue weighted by Gasteiger charge is -2.43. The van der Waals surface area contributed by atoms with Crippen molar-refractivity contribution in [1.29, 1.82) is 0 Å². The van der Waals surface area contributed by atoms with Gasteiger partial charge in [0.1, 0.15) is 0 Å². The Morgan fingerprint density at radius 2 is 1.85 bits per heavy atom. The molecule has 2 aliphatic heterocycles. The fourth-order valence-corrected chi connectivity index (χ4v) is 4.21. The van der Waals surface area contributed by atoms with Crippen molar-refractivity contribution < 1.29 is 4.74 Å². The lowest BCUT2D eigenvalue weighted by atomic mass is 9.95. The molecular weight excluding hydrogens is 322 g/mol. The molecule has 2 aliphatic rings. The maximum absolute atomic E-state index is 5.37. The fraction of sp³-hybridized carbons (Fsp3) is 0.591. The smallest absolute Gasteiger partial charge is 0.0941 e. The Kier molecular flexibility index (Phi) is 4.89. The normalized spacial score (nSPS) is 19.3. The van der Waals surface area contributed by atoms with Crippen molar-refractivity contribution in [1.82, 2.24) is 9.88 Å². The fourth-order valence-electron chi connectivity index (χ4n) is 4.21. The molecule has 0 aliphatic carbocycles. The number of hydrogen-bond acceptors (Lipinski definition) is 4. The highest BCUT2D eigenvalue weighted by molar-refractivity contribution is 5.94. The zero-order valence-corrected chi connectivity index (χ0v) is 16.6. The Balaban J connectivity index is 1.72. The first-order valence-electron chi connectivity index (χ1n) is 10.1. The number of piperazine rings is 1. The van der Waals surface area contributed by atoms with E-state index >= 15 is 0 Å². The van der Waals surface area contributed by atoms with Gasteiger partial charge >= 0.3 is 0 Å². The van der Waals surface area contributed by atoms with Gasteiger partial charge in [-0.2, -0.15) is 0 Å². The summed E-state index contributed by atoms with van der Waals surface area (Å²) in [6.45, 7) is 15.1. The largest absolute Gasteiger partial charge is 0.378 e. The standard InChI is InChI=1S/C22H31N3O/c1-5-17-11-20-19(15(2)3)10-16(4)23-22(20)21(12-17)25-8-6-24(7-9-25)18-13-26-14-18/h10-12,15,18H,5-9,13-14H2,1-4H3. The molecule has 1 aromatic carbocycles. The van der Waals surface area contributed by atoms with Crippen molar-refractivity contribution in [3.05, 3.63) is 35.0 Å². The predicted molar refractivity (Wildman–Crippen MR) is 108 cm³/mol. The van der Waals surface area contributed by atoms with Gasteiger partial charge in [-0.15, -0.1) is 0 Å². The highest BCUT2D eigenvalue weighted by atomic mass is 16.5. The average molecular weight is 354 g/mol. The minimum Gasteiger partial charge on any atom is -0.378 e. The van der Waals surface area contributed by atoms with Crippen LogP contribution in [-0.4, -0.2) is 55.3 Å². The van der Waals surface area contributed by atoms with Gasteiger partial charge in [0, 0.05) is 37.3 Å². The van der Waals surface area contributed by atoms with E-state index in [0.717, 1.165) is 51.5 Å². The molecule has 26 heavy (non-hydrogen) atoms. The monoisotopic (exact) mass is 353 g/mol. The quantitative estimate of drug-likeness (QED) is 0.837. The van der Waals surface area contributed by atoms with E-state index in [0.29, 0.717) is 12.0 Å². The summed E-state index contributed by atoms with van der Waals surface area (Å²) in [4.78, 5) is 10.1. The van der Waals surface area contributed by atoms with E-state index in [1.165, 1.54) is 27.7 Å². The lowest BCUT2D eigenvalue weighted by molar-refractivity contribution is -0.0660. The first-order valence-corrected chi connectivity index (χ1v) is 10.1. The van der Waals surface area contributed by atoms with Gasteiger partial charge in [0.05, 0.1) is 30.5 Å². The maximum atomic E-state index is 5.37. The predicted octanol–water partition coefficient (Wildman–Crippen LogP) is 3.75. The van der Waals surface area contributed by atoms with Crippen LogP contribution in [0.5, 0.6) is 0 Å². The van der Waals surface area contributed by atoms with E-state index in [9.17, 15) is 0 Å². The van der Waals surface area contributed by atoms with Crippen LogP contribution in [0.4, 0.5) is 5.69 Å². The summed E-state index contributed by atoms with van der Waals surface area (Å²) in [5.74, 6) is 0.509. The second-order valence-electron chi connectivity index (χ2n) is 8.09. The maximum Gasteiger partial charge on any atom is 0.0941 e. The second-order valence-corrected chi connectivity index (χ2v) is 8.09. The summed E-state index contributed by atoms with van der Waals surface area (Å²) in [7, 11) is 0. The molecule has 4 heteroatoms. The van der Waals surface area contributed by atoms with Crippen molar-refractivity contribution in [2.75, 3.05) is 44.3 Å². The molecule has 0 saturated carbocycles. The van der Waals surface area contributed by atoms with Crippen LogP contribution in [0, 0.1) is 6.92 Å². The molecule has 3 heterocycles. The number of ether oxygens (including phenoxy) is 1. The molecule has 140 valence electrons. The van der Waals surface area contributed by atoms with Crippen molar-refractivity contribution >= 4 is 16.6 Å². The number of aromatic nitrogens is 1. The molecule has 0 N–H and O–H groups in total. The van der Waals surface area contributed by atoms with Crippen LogP contribution in [0.25, 0.3) is 10.9 Å². The number of aryl methyl sites for hydroxylation is 2. The van der Waals surface area contributed by atoms with Gasteiger partial charge in [0.2, 0.25) is 0 Å². The number of nitrogens with zero attached hydrogens (tertiary/aromatic N) is 3. The molecule has 0 radical (unpaired) electrons. The van der Waals surface area contributed by atoms with Crippen molar-refractivity contribution in [3.63, 3.8) is 0 Å². The van der Waals surface area contributed by atoms with E-state index in [2.05, 4.69) is 55.7 Å². The minimum atomic E-state index is 0.509. The van der Waals surface area contributed by atoms with E-state index in [-0.39, 0.29) is 0 Å². The molecule has 0 atom stereocenters. The van der Waals surface area contributed by atoms with Crippen molar-refractivity contribution in [2.24, 2.45) is 0 Å². The SMILES string of the molecule is CCc1cc(N2CCN(C3COC3)CC2)c2nc(C)cc(C(C)C)c2c1.